The molecule has 0 aliphatic carbocycles. The lowest BCUT2D eigenvalue weighted by Crippen LogP contribution is -2.50. The van der Waals surface area contributed by atoms with Crippen molar-refractivity contribution in [1.29, 1.82) is 0 Å². The van der Waals surface area contributed by atoms with Crippen LogP contribution in [-0.4, -0.2) is 25.2 Å². The Morgan fingerprint density at radius 1 is 1.37 bits per heavy atom. The Bertz CT molecular complexity index is 444. The van der Waals surface area contributed by atoms with Crippen molar-refractivity contribution in [2.75, 3.05) is 13.7 Å². The van der Waals surface area contributed by atoms with E-state index in [2.05, 4.69) is 5.32 Å². The molecule has 0 unspecified atom stereocenters. The van der Waals surface area contributed by atoms with Crippen molar-refractivity contribution in [2.24, 2.45) is 5.73 Å². The quantitative estimate of drug-likeness (QED) is 0.783. The molecule has 1 rings (SSSR count). The van der Waals surface area contributed by atoms with Crippen LogP contribution in [0.4, 0.5) is 0 Å². The third kappa shape index (κ3) is 4.13. The number of ether oxygens (including phenoxy) is 2. The van der Waals surface area contributed by atoms with Gasteiger partial charge in [0.2, 0.25) is 5.91 Å². The predicted molar refractivity (Wildman–Crippen MR) is 74.3 cm³/mol. The largest absolute Gasteiger partial charge is 0.493 e. The third-order valence-electron chi connectivity index (χ3n) is 2.88. The Morgan fingerprint density at radius 3 is 2.58 bits per heavy atom. The Kier molecular flexibility index (Phi) is 5.18. The summed E-state index contributed by atoms with van der Waals surface area (Å²) < 4.78 is 10.7. The molecule has 0 radical (unpaired) electrons. The molecule has 5 nitrogen and oxygen atoms in total. The van der Waals surface area contributed by atoms with Crippen molar-refractivity contribution in [1.82, 2.24) is 5.32 Å². The summed E-state index contributed by atoms with van der Waals surface area (Å²) in [5, 5.41) is 3.11. The van der Waals surface area contributed by atoms with E-state index in [1.165, 1.54) is 0 Å². The molecule has 1 aromatic carbocycles. The molecule has 1 amide bonds. The zero-order valence-corrected chi connectivity index (χ0v) is 11.9. The first-order chi connectivity index (χ1) is 8.90. The van der Waals surface area contributed by atoms with Gasteiger partial charge in [-0.1, -0.05) is 6.07 Å². The van der Waals surface area contributed by atoms with Crippen molar-refractivity contribution in [3.8, 4) is 11.5 Å². The first kappa shape index (κ1) is 15.3. The van der Waals surface area contributed by atoms with E-state index < -0.39 is 5.54 Å². The van der Waals surface area contributed by atoms with E-state index in [1.807, 2.05) is 25.1 Å². The number of hydrogen-bond donors (Lipinski definition) is 2. The first-order valence-electron chi connectivity index (χ1n) is 6.25. The average molecular weight is 266 g/mol. The van der Waals surface area contributed by atoms with E-state index in [0.29, 0.717) is 24.7 Å². The monoisotopic (exact) mass is 266 g/mol. The van der Waals surface area contributed by atoms with Gasteiger partial charge in [0.1, 0.15) is 0 Å². The molecule has 5 heteroatoms. The third-order valence-corrected chi connectivity index (χ3v) is 2.88. The molecule has 0 heterocycles. The van der Waals surface area contributed by atoms with Crippen LogP contribution in [0.3, 0.4) is 0 Å². The molecule has 0 aliphatic rings. The van der Waals surface area contributed by atoms with Gasteiger partial charge < -0.3 is 15.2 Å². The van der Waals surface area contributed by atoms with Crippen molar-refractivity contribution < 1.29 is 14.3 Å². The summed E-state index contributed by atoms with van der Waals surface area (Å²) in [6.07, 6.45) is 0. The molecule has 106 valence electrons. The summed E-state index contributed by atoms with van der Waals surface area (Å²) in [6.45, 7) is 6.54. The maximum atomic E-state index is 11.2. The number of carbonyl (C=O) groups excluding carboxylic acids is 1. The van der Waals surface area contributed by atoms with Crippen LogP contribution in [0, 0.1) is 0 Å². The lowest BCUT2D eigenvalue weighted by molar-refractivity contribution is -0.123. The summed E-state index contributed by atoms with van der Waals surface area (Å²) in [5.41, 5.74) is 5.56. The van der Waals surface area contributed by atoms with Crippen LogP contribution >= 0.6 is 0 Å². The number of primary amides is 1. The van der Waals surface area contributed by atoms with Gasteiger partial charge in [-0.05, 0) is 38.5 Å². The lowest BCUT2D eigenvalue weighted by atomic mass is 10.0. The maximum absolute atomic E-state index is 11.2. The second-order valence-electron chi connectivity index (χ2n) is 4.76. The van der Waals surface area contributed by atoms with Crippen LogP contribution < -0.4 is 20.5 Å². The minimum absolute atomic E-state index is 0.384. The SMILES string of the molecule is CCOc1ccc(CNC(C)(C)C(N)=O)cc1OC. The zero-order chi connectivity index (χ0) is 14.5. The van der Waals surface area contributed by atoms with Gasteiger partial charge in [0, 0.05) is 6.54 Å². The molecule has 3 N–H and O–H groups in total. The van der Waals surface area contributed by atoms with Crippen LogP contribution in [0.5, 0.6) is 11.5 Å². The molecule has 0 aliphatic heterocycles. The Morgan fingerprint density at radius 2 is 2.05 bits per heavy atom. The smallest absolute Gasteiger partial charge is 0.237 e. The van der Waals surface area contributed by atoms with E-state index in [4.69, 9.17) is 15.2 Å². The molecule has 0 fully saturated rings. The summed E-state index contributed by atoms with van der Waals surface area (Å²) in [4.78, 5) is 11.2. The number of carbonyl (C=O) groups is 1. The second-order valence-corrected chi connectivity index (χ2v) is 4.76. The van der Waals surface area contributed by atoms with Crippen molar-refractivity contribution in [3.05, 3.63) is 23.8 Å². The summed E-state index contributed by atoms with van der Waals surface area (Å²) >= 11 is 0. The molecule has 0 saturated heterocycles. The molecule has 0 atom stereocenters. The molecule has 0 saturated carbocycles. The molecule has 0 aromatic heterocycles. The Labute approximate surface area is 114 Å². The van der Waals surface area contributed by atoms with Gasteiger partial charge in [-0.15, -0.1) is 0 Å². The molecule has 19 heavy (non-hydrogen) atoms. The molecule has 1 aromatic rings. The fraction of sp³-hybridized carbons (Fsp3) is 0.500. The van der Waals surface area contributed by atoms with Crippen LogP contribution in [0.25, 0.3) is 0 Å². The lowest BCUT2D eigenvalue weighted by Gasteiger charge is -2.22. The van der Waals surface area contributed by atoms with Gasteiger partial charge in [0.05, 0.1) is 19.3 Å². The van der Waals surface area contributed by atoms with E-state index in [1.54, 1.807) is 21.0 Å². The minimum Gasteiger partial charge on any atom is -0.493 e. The number of amides is 1. The normalized spacial score (nSPS) is 11.2. The number of benzene rings is 1. The highest BCUT2D eigenvalue weighted by Crippen LogP contribution is 2.28. The topological polar surface area (TPSA) is 73.6 Å². The standard InChI is InChI=1S/C14H22N2O3/c1-5-19-11-7-6-10(8-12(11)18-4)9-16-14(2,3)13(15)17/h6-8,16H,5,9H2,1-4H3,(H2,15,17). The highest BCUT2D eigenvalue weighted by atomic mass is 16.5. The zero-order valence-electron chi connectivity index (χ0n) is 11.9. The molecular formula is C14H22N2O3. The number of nitrogens with one attached hydrogen (secondary N) is 1. The molecule has 0 bridgehead atoms. The van der Waals surface area contributed by atoms with E-state index in [0.717, 1.165) is 5.56 Å². The van der Waals surface area contributed by atoms with Crippen LogP contribution in [0.1, 0.15) is 26.3 Å². The van der Waals surface area contributed by atoms with Crippen LogP contribution in [0.15, 0.2) is 18.2 Å². The average Bonchev–Trinajstić information content (AvgIpc) is 2.37. The highest BCUT2D eigenvalue weighted by Gasteiger charge is 2.23. The summed E-state index contributed by atoms with van der Waals surface area (Å²) in [7, 11) is 1.60. The Hall–Kier alpha value is -1.75. The van der Waals surface area contributed by atoms with E-state index in [-0.39, 0.29) is 5.91 Å². The van der Waals surface area contributed by atoms with Gasteiger partial charge in [-0.25, -0.2) is 0 Å². The number of hydrogen-bond acceptors (Lipinski definition) is 4. The van der Waals surface area contributed by atoms with Gasteiger partial charge in [0.15, 0.2) is 11.5 Å². The number of methoxy groups -OCH3 is 1. The highest BCUT2D eigenvalue weighted by molar-refractivity contribution is 5.83. The van der Waals surface area contributed by atoms with Gasteiger partial charge in [-0.2, -0.15) is 0 Å². The fourth-order valence-corrected chi connectivity index (χ4v) is 1.51. The Balaban J connectivity index is 2.78. The fourth-order valence-electron chi connectivity index (χ4n) is 1.51. The maximum Gasteiger partial charge on any atom is 0.237 e. The number of rotatable bonds is 7. The van der Waals surface area contributed by atoms with Gasteiger partial charge in [-0.3, -0.25) is 10.1 Å². The number of nitrogens with two attached hydrogens (primary N) is 1. The van der Waals surface area contributed by atoms with Gasteiger partial charge in [0.25, 0.3) is 0 Å². The van der Waals surface area contributed by atoms with Gasteiger partial charge >= 0.3 is 0 Å². The van der Waals surface area contributed by atoms with Crippen molar-refractivity contribution >= 4 is 5.91 Å². The van der Waals surface area contributed by atoms with Crippen LogP contribution in [0.2, 0.25) is 0 Å². The van der Waals surface area contributed by atoms with Crippen LogP contribution in [-0.2, 0) is 11.3 Å². The van der Waals surface area contributed by atoms with E-state index >= 15 is 0 Å². The summed E-state index contributed by atoms with van der Waals surface area (Å²) in [5.74, 6) is 1.01. The second kappa shape index (κ2) is 6.43. The van der Waals surface area contributed by atoms with Crippen molar-refractivity contribution in [3.63, 3.8) is 0 Å². The van der Waals surface area contributed by atoms with E-state index in [9.17, 15) is 4.79 Å². The first-order valence-corrected chi connectivity index (χ1v) is 6.25. The van der Waals surface area contributed by atoms with Crippen molar-refractivity contribution in [2.45, 2.75) is 32.9 Å². The molecular weight excluding hydrogens is 244 g/mol. The summed E-state index contributed by atoms with van der Waals surface area (Å²) in [6, 6.07) is 5.67. The molecule has 0 spiro atoms. The predicted octanol–water partition coefficient (Wildman–Crippen LogP) is 1.45. The minimum atomic E-state index is -0.744.